The van der Waals surface area contributed by atoms with Gasteiger partial charge in [-0.2, -0.15) is 0 Å². The Morgan fingerprint density at radius 1 is 1.11 bits per heavy atom. The maximum Gasteiger partial charge on any atom is 0.257 e. The number of para-hydroxylation sites is 2. The minimum atomic E-state index is -0.440. The molecule has 3 rings (SSSR count). The van der Waals surface area contributed by atoms with E-state index in [1.807, 2.05) is 38.1 Å². The standard InChI is InChI=1S/C21H21N3O3/c1-13-7-8-17-15(11-13)12-16(14(2)23-17)21(26)24-18-5-3-4-6-19(18)27-10-9-20(22)25/h3-8,11-12H,9-10H2,1-2H3,(H2,22,25)(H,24,26). The van der Waals surface area contributed by atoms with Gasteiger partial charge in [-0.25, -0.2) is 0 Å². The summed E-state index contributed by atoms with van der Waals surface area (Å²) in [6.07, 6.45) is 0.106. The van der Waals surface area contributed by atoms with E-state index >= 15 is 0 Å². The van der Waals surface area contributed by atoms with Gasteiger partial charge < -0.3 is 15.8 Å². The van der Waals surface area contributed by atoms with E-state index in [2.05, 4.69) is 10.3 Å². The SMILES string of the molecule is Cc1ccc2nc(C)c(C(=O)Nc3ccccc3OCCC(N)=O)cc2c1. The fourth-order valence-electron chi connectivity index (χ4n) is 2.77. The highest BCUT2D eigenvalue weighted by Gasteiger charge is 2.14. The second-order valence-corrected chi connectivity index (χ2v) is 6.33. The molecule has 6 heteroatoms. The summed E-state index contributed by atoms with van der Waals surface area (Å²) in [5, 5.41) is 3.78. The fraction of sp³-hybridized carbons (Fsp3) is 0.190. The number of anilines is 1. The van der Waals surface area contributed by atoms with E-state index in [-0.39, 0.29) is 18.9 Å². The number of aryl methyl sites for hydroxylation is 2. The zero-order valence-electron chi connectivity index (χ0n) is 15.3. The van der Waals surface area contributed by atoms with Crippen molar-refractivity contribution < 1.29 is 14.3 Å². The van der Waals surface area contributed by atoms with Crippen LogP contribution in [0, 0.1) is 13.8 Å². The highest BCUT2D eigenvalue weighted by atomic mass is 16.5. The van der Waals surface area contributed by atoms with Gasteiger partial charge in [0.1, 0.15) is 5.75 Å². The van der Waals surface area contributed by atoms with Gasteiger partial charge in [-0.05, 0) is 44.2 Å². The Kier molecular flexibility index (Phi) is 5.35. The minimum Gasteiger partial charge on any atom is -0.491 e. The van der Waals surface area contributed by atoms with Gasteiger partial charge in [0.2, 0.25) is 5.91 Å². The lowest BCUT2D eigenvalue weighted by atomic mass is 10.1. The number of aromatic nitrogens is 1. The lowest BCUT2D eigenvalue weighted by molar-refractivity contribution is -0.118. The second-order valence-electron chi connectivity index (χ2n) is 6.33. The minimum absolute atomic E-state index is 0.106. The van der Waals surface area contributed by atoms with Crippen LogP contribution in [0.5, 0.6) is 5.75 Å². The van der Waals surface area contributed by atoms with E-state index in [4.69, 9.17) is 10.5 Å². The van der Waals surface area contributed by atoms with Gasteiger partial charge in [0.25, 0.3) is 5.91 Å². The number of nitrogens with one attached hydrogen (secondary N) is 1. The number of hydrogen-bond acceptors (Lipinski definition) is 4. The monoisotopic (exact) mass is 363 g/mol. The van der Waals surface area contributed by atoms with Crippen molar-refractivity contribution in [2.45, 2.75) is 20.3 Å². The Morgan fingerprint density at radius 2 is 1.89 bits per heavy atom. The molecular formula is C21H21N3O3. The van der Waals surface area contributed by atoms with Crippen LogP contribution in [0.3, 0.4) is 0 Å². The summed E-state index contributed by atoms with van der Waals surface area (Å²) in [6.45, 7) is 3.96. The number of primary amides is 1. The van der Waals surface area contributed by atoms with Crippen molar-refractivity contribution in [2.75, 3.05) is 11.9 Å². The van der Waals surface area contributed by atoms with Crippen LogP contribution < -0.4 is 15.8 Å². The number of amides is 2. The average molecular weight is 363 g/mol. The van der Waals surface area contributed by atoms with Crippen LogP contribution >= 0.6 is 0 Å². The summed E-state index contributed by atoms with van der Waals surface area (Å²) in [5.41, 5.74) is 8.76. The van der Waals surface area contributed by atoms with Crippen LogP contribution in [0.15, 0.2) is 48.5 Å². The zero-order valence-corrected chi connectivity index (χ0v) is 15.3. The van der Waals surface area contributed by atoms with E-state index in [0.717, 1.165) is 16.5 Å². The molecule has 2 amide bonds. The summed E-state index contributed by atoms with van der Waals surface area (Å²) < 4.78 is 5.57. The third-order valence-electron chi connectivity index (χ3n) is 4.15. The fourth-order valence-corrected chi connectivity index (χ4v) is 2.77. The maximum absolute atomic E-state index is 12.8. The predicted molar refractivity (Wildman–Crippen MR) is 105 cm³/mol. The highest BCUT2D eigenvalue weighted by molar-refractivity contribution is 6.07. The molecular weight excluding hydrogens is 342 g/mol. The van der Waals surface area contributed by atoms with Gasteiger partial charge >= 0.3 is 0 Å². The Labute approximate surface area is 157 Å². The number of carbonyl (C=O) groups is 2. The first-order valence-corrected chi connectivity index (χ1v) is 8.63. The quantitative estimate of drug-likeness (QED) is 0.702. The number of pyridine rings is 1. The molecule has 0 bridgehead atoms. The number of nitrogens with zero attached hydrogens (tertiary/aromatic N) is 1. The summed E-state index contributed by atoms with van der Waals surface area (Å²) in [6, 6.07) is 14.8. The second kappa shape index (κ2) is 7.86. The lowest BCUT2D eigenvalue weighted by Crippen LogP contribution is -2.17. The van der Waals surface area contributed by atoms with Gasteiger partial charge in [0.15, 0.2) is 0 Å². The molecule has 6 nitrogen and oxygen atoms in total. The van der Waals surface area contributed by atoms with Crippen molar-refractivity contribution in [1.82, 2.24) is 4.98 Å². The van der Waals surface area contributed by atoms with Crippen molar-refractivity contribution in [3.8, 4) is 5.75 Å². The number of ether oxygens (including phenoxy) is 1. The first-order chi connectivity index (χ1) is 12.9. The number of nitrogens with two attached hydrogens (primary N) is 1. The number of fused-ring (bicyclic) bond motifs is 1. The summed E-state index contributed by atoms with van der Waals surface area (Å²) in [4.78, 5) is 28.2. The van der Waals surface area contributed by atoms with E-state index in [1.54, 1.807) is 24.3 Å². The Balaban J connectivity index is 1.84. The molecule has 3 aromatic rings. The average Bonchev–Trinajstić information content (AvgIpc) is 2.62. The first-order valence-electron chi connectivity index (χ1n) is 8.63. The van der Waals surface area contributed by atoms with Gasteiger partial charge in [-0.3, -0.25) is 14.6 Å². The van der Waals surface area contributed by atoms with Crippen LogP contribution in [0.2, 0.25) is 0 Å². The number of rotatable bonds is 6. The van der Waals surface area contributed by atoms with Crippen molar-refractivity contribution in [3.63, 3.8) is 0 Å². The molecule has 1 heterocycles. The first kappa shape index (κ1) is 18.4. The van der Waals surface area contributed by atoms with Crippen LogP contribution in [0.1, 0.15) is 28.0 Å². The maximum atomic E-state index is 12.8. The molecule has 0 aliphatic rings. The van der Waals surface area contributed by atoms with Gasteiger partial charge in [0.05, 0.1) is 35.5 Å². The Hall–Kier alpha value is -3.41. The van der Waals surface area contributed by atoms with Gasteiger partial charge in [-0.1, -0.05) is 23.8 Å². The molecule has 0 spiro atoms. The normalized spacial score (nSPS) is 10.6. The Bertz CT molecular complexity index is 1010. The van der Waals surface area contributed by atoms with Crippen LogP contribution in [0.4, 0.5) is 5.69 Å². The molecule has 0 unspecified atom stereocenters. The number of hydrogen-bond donors (Lipinski definition) is 2. The molecule has 138 valence electrons. The van der Waals surface area contributed by atoms with Crippen molar-refractivity contribution in [2.24, 2.45) is 5.73 Å². The molecule has 0 saturated carbocycles. The Morgan fingerprint density at radius 3 is 2.67 bits per heavy atom. The van der Waals surface area contributed by atoms with Crippen LogP contribution in [-0.2, 0) is 4.79 Å². The largest absolute Gasteiger partial charge is 0.491 e. The topological polar surface area (TPSA) is 94.3 Å². The smallest absolute Gasteiger partial charge is 0.257 e. The van der Waals surface area contributed by atoms with Crippen molar-refractivity contribution in [1.29, 1.82) is 0 Å². The number of carbonyl (C=O) groups excluding carboxylic acids is 2. The molecule has 0 atom stereocenters. The molecule has 27 heavy (non-hydrogen) atoms. The van der Waals surface area contributed by atoms with E-state index < -0.39 is 5.91 Å². The lowest BCUT2D eigenvalue weighted by Gasteiger charge is -2.13. The zero-order chi connectivity index (χ0) is 19.4. The molecule has 0 saturated heterocycles. The number of benzene rings is 2. The third-order valence-corrected chi connectivity index (χ3v) is 4.15. The molecule has 0 aliphatic carbocycles. The van der Waals surface area contributed by atoms with Crippen LogP contribution in [0.25, 0.3) is 10.9 Å². The third kappa shape index (κ3) is 4.41. The highest BCUT2D eigenvalue weighted by Crippen LogP contribution is 2.25. The molecule has 2 aromatic carbocycles. The van der Waals surface area contributed by atoms with Crippen LogP contribution in [-0.4, -0.2) is 23.4 Å². The molecule has 0 radical (unpaired) electrons. The van der Waals surface area contributed by atoms with E-state index in [9.17, 15) is 9.59 Å². The summed E-state index contributed by atoms with van der Waals surface area (Å²) in [5.74, 6) is -0.228. The predicted octanol–water partition coefficient (Wildman–Crippen LogP) is 3.36. The van der Waals surface area contributed by atoms with E-state index in [1.165, 1.54) is 0 Å². The van der Waals surface area contributed by atoms with Crippen molar-refractivity contribution in [3.05, 3.63) is 65.4 Å². The van der Waals surface area contributed by atoms with E-state index in [0.29, 0.717) is 22.7 Å². The van der Waals surface area contributed by atoms with Crippen molar-refractivity contribution >= 4 is 28.4 Å². The summed E-state index contributed by atoms with van der Waals surface area (Å²) >= 11 is 0. The van der Waals surface area contributed by atoms with Gasteiger partial charge in [0, 0.05) is 5.39 Å². The molecule has 1 aromatic heterocycles. The summed E-state index contributed by atoms with van der Waals surface area (Å²) in [7, 11) is 0. The molecule has 0 aliphatic heterocycles. The van der Waals surface area contributed by atoms with Gasteiger partial charge in [-0.15, -0.1) is 0 Å². The molecule has 3 N–H and O–H groups in total. The molecule has 0 fully saturated rings.